The summed E-state index contributed by atoms with van der Waals surface area (Å²) in [4.78, 5) is 25.7. The number of halogens is 1. The van der Waals surface area contributed by atoms with Gasteiger partial charge in [0.25, 0.3) is 0 Å². The fourth-order valence-electron chi connectivity index (χ4n) is 4.80. The second-order valence-corrected chi connectivity index (χ2v) is 8.60. The number of aliphatic hydroxyl groups excluding tert-OH is 1. The number of hydrogen-bond donors (Lipinski definition) is 2. The van der Waals surface area contributed by atoms with Crippen LogP contribution in [-0.4, -0.2) is 72.9 Å². The zero-order chi connectivity index (χ0) is 22.0. The van der Waals surface area contributed by atoms with E-state index in [-0.39, 0.29) is 17.6 Å². The Hall–Kier alpha value is -3.53. The first kappa shape index (κ1) is 19.2. The zero-order valence-electron chi connectivity index (χ0n) is 17.5. The van der Waals surface area contributed by atoms with Gasteiger partial charge in [0.1, 0.15) is 5.82 Å². The topological polar surface area (TPSA) is 103 Å². The lowest BCUT2D eigenvalue weighted by Gasteiger charge is -2.37. The maximum Gasteiger partial charge on any atom is 0.227 e. The molecule has 10 heteroatoms. The number of aromatic nitrogens is 5. The summed E-state index contributed by atoms with van der Waals surface area (Å²) in [6.07, 6.45) is 3.84. The highest BCUT2D eigenvalue weighted by atomic mass is 19.1. The van der Waals surface area contributed by atoms with Gasteiger partial charge in [-0.1, -0.05) is 0 Å². The second-order valence-electron chi connectivity index (χ2n) is 8.60. The Balaban J connectivity index is 1.31. The predicted octanol–water partition coefficient (Wildman–Crippen LogP) is 1.77. The van der Waals surface area contributed by atoms with Crippen molar-refractivity contribution in [2.75, 3.05) is 31.1 Å². The smallest absolute Gasteiger partial charge is 0.227 e. The molecule has 2 N–H and O–H groups in total. The number of aliphatic hydroxyl groups is 1. The molecule has 32 heavy (non-hydrogen) atoms. The van der Waals surface area contributed by atoms with Gasteiger partial charge >= 0.3 is 0 Å². The normalized spacial score (nSPS) is 19.3. The van der Waals surface area contributed by atoms with Crippen molar-refractivity contribution >= 4 is 33.8 Å². The fraction of sp³-hybridized carbons (Fsp3) is 0.364. The molecule has 2 fully saturated rings. The molecule has 2 saturated heterocycles. The summed E-state index contributed by atoms with van der Waals surface area (Å²) < 4.78 is 15.8. The van der Waals surface area contributed by atoms with Crippen molar-refractivity contribution < 1.29 is 14.3 Å². The first-order valence-corrected chi connectivity index (χ1v) is 10.7. The number of hydrogen-bond acceptors (Lipinski definition) is 6. The van der Waals surface area contributed by atoms with Gasteiger partial charge in [-0.25, -0.2) is 14.4 Å². The largest absolute Gasteiger partial charge is 0.389 e. The van der Waals surface area contributed by atoms with Gasteiger partial charge in [-0.2, -0.15) is 5.10 Å². The lowest BCUT2D eigenvalue weighted by molar-refractivity contribution is -0.145. The molecule has 0 aliphatic carbocycles. The summed E-state index contributed by atoms with van der Waals surface area (Å²) >= 11 is 0. The molecular weight excluding hydrogens is 413 g/mol. The molecule has 4 aromatic rings. The average molecular weight is 435 g/mol. The van der Waals surface area contributed by atoms with Crippen molar-refractivity contribution in [1.82, 2.24) is 29.6 Å². The number of β-amino-alcohol motifs (C(OH)–C–C–N with tert-alkyl or cyclic N) is 1. The molecule has 0 unspecified atom stereocenters. The molecule has 164 valence electrons. The SMILES string of the molecule is Cc1nc(N2CC[C@H](C(=O)N3CC(O)C3)C2)ncc1-n1c2ccc(F)cc2c2[nH]ncc21. The third-order valence-electron chi connectivity index (χ3n) is 6.50. The van der Waals surface area contributed by atoms with Gasteiger partial charge in [-0.3, -0.25) is 9.89 Å². The van der Waals surface area contributed by atoms with Gasteiger partial charge in [-0.05, 0) is 31.5 Å². The van der Waals surface area contributed by atoms with Gasteiger partial charge in [-0.15, -0.1) is 0 Å². The molecule has 6 rings (SSSR count). The zero-order valence-corrected chi connectivity index (χ0v) is 17.5. The first-order valence-electron chi connectivity index (χ1n) is 10.7. The Kier molecular flexibility index (Phi) is 4.19. The molecule has 0 bridgehead atoms. The second kappa shape index (κ2) is 6.99. The van der Waals surface area contributed by atoms with E-state index in [0.29, 0.717) is 32.1 Å². The van der Waals surface area contributed by atoms with Crippen LogP contribution in [0.1, 0.15) is 12.1 Å². The predicted molar refractivity (Wildman–Crippen MR) is 116 cm³/mol. The monoisotopic (exact) mass is 435 g/mol. The molecule has 0 radical (unpaired) electrons. The summed E-state index contributed by atoms with van der Waals surface area (Å²) in [6, 6.07) is 4.68. The van der Waals surface area contributed by atoms with Crippen molar-refractivity contribution in [1.29, 1.82) is 0 Å². The van der Waals surface area contributed by atoms with Crippen molar-refractivity contribution in [3.63, 3.8) is 0 Å². The third-order valence-corrected chi connectivity index (χ3v) is 6.50. The number of nitrogens with zero attached hydrogens (tertiary/aromatic N) is 6. The number of nitrogens with one attached hydrogen (secondary N) is 1. The molecule has 1 atom stereocenters. The summed E-state index contributed by atoms with van der Waals surface area (Å²) in [6.45, 7) is 4.06. The van der Waals surface area contributed by atoms with E-state index in [0.717, 1.165) is 39.7 Å². The van der Waals surface area contributed by atoms with E-state index >= 15 is 0 Å². The minimum Gasteiger partial charge on any atom is -0.389 e. The van der Waals surface area contributed by atoms with E-state index in [1.165, 1.54) is 12.1 Å². The van der Waals surface area contributed by atoms with Gasteiger partial charge in [0.2, 0.25) is 11.9 Å². The minimum atomic E-state index is -0.391. The van der Waals surface area contributed by atoms with Crippen molar-refractivity contribution in [2.45, 2.75) is 19.4 Å². The number of carbonyl (C=O) groups excluding carboxylic acids is 1. The molecule has 1 aromatic carbocycles. The Morgan fingerprint density at radius 2 is 2.06 bits per heavy atom. The average Bonchev–Trinajstić information content (AvgIpc) is 3.48. The Morgan fingerprint density at radius 3 is 2.84 bits per heavy atom. The Bertz CT molecular complexity index is 1360. The van der Waals surface area contributed by atoms with Gasteiger partial charge in [0.05, 0.1) is 52.3 Å². The molecule has 9 nitrogen and oxygen atoms in total. The standard InChI is InChI=1S/C22H22FN7O2/c1-12-18(30-17-3-2-14(23)6-16(17)20-19(30)8-25-27-20)7-24-22(26-12)28-5-4-13(9-28)21(32)29-10-15(31)11-29/h2-3,6-8,13,15,31H,4-5,9-11H2,1H3,(H,25,27)/t13-/m0/s1. The Morgan fingerprint density at radius 1 is 1.22 bits per heavy atom. The van der Waals surface area contributed by atoms with Crippen LogP contribution in [0, 0.1) is 18.7 Å². The van der Waals surface area contributed by atoms with Crippen LogP contribution in [0.3, 0.4) is 0 Å². The van der Waals surface area contributed by atoms with E-state index in [2.05, 4.69) is 15.2 Å². The fourth-order valence-corrected chi connectivity index (χ4v) is 4.80. The minimum absolute atomic E-state index is 0.0968. The number of rotatable bonds is 3. The van der Waals surface area contributed by atoms with Crippen molar-refractivity contribution in [3.8, 4) is 5.69 Å². The highest BCUT2D eigenvalue weighted by Crippen LogP contribution is 2.32. The lowest BCUT2D eigenvalue weighted by Crippen LogP contribution is -2.55. The van der Waals surface area contributed by atoms with E-state index in [4.69, 9.17) is 4.98 Å². The summed E-state index contributed by atoms with van der Waals surface area (Å²) in [5.41, 5.74) is 4.01. The molecule has 0 saturated carbocycles. The van der Waals surface area contributed by atoms with Crippen molar-refractivity contribution in [2.24, 2.45) is 5.92 Å². The molecule has 5 heterocycles. The van der Waals surface area contributed by atoms with E-state index in [1.54, 1.807) is 23.4 Å². The van der Waals surface area contributed by atoms with Crippen LogP contribution in [0.4, 0.5) is 10.3 Å². The number of likely N-dealkylation sites (tertiary alicyclic amines) is 1. The van der Waals surface area contributed by atoms with Crippen LogP contribution >= 0.6 is 0 Å². The number of H-pyrrole nitrogens is 1. The van der Waals surface area contributed by atoms with E-state index in [9.17, 15) is 14.3 Å². The molecule has 3 aromatic heterocycles. The van der Waals surface area contributed by atoms with Crippen LogP contribution in [0.5, 0.6) is 0 Å². The van der Waals surface area contributed by atoms with E-state index < -0.39 is 6.10 Å². The van der Waals surface area contributed by atoms with Crippen LogP contribution in [-0.2, 0) is 4.79 Å². The van der Waals surface area contributed by atoms with Crippen LogP contribution in [0.2, 0.25) is 0 Å². The summed E-state index contributed by atoms with van der Waals surface area (Å²) in [5.74, 6) is 0.288. The molecule has 2 aliphatic heterocycles. The number of carbonyl (C=O) groups is 1. The molecular formula is C22H22FN7O2. The number of benzene rings is 1. The highest BCUT2D eigenvalue weighted by molar-refractivity contribution is 6.06. The van der Waals surface area contributed by atoms with Gasteiger partial charge in [0.15, 0.2) is 0 Å². The van der Waals surface area contributed by atoms with Crippen molar-refractivity contribution in [3.05, 3.63) is 42.1 Å². The van der Waals surface area contributed by atoms with E-state index in [1.807, 2.05) is 16.4 Å². The maximum atomic E-state index is 13.9. The quantitative estimate of drug-likeness (QED) is 0.509. The van der Waals surface area contributed by atoms with Gasteiger partial charge in [0, 0.05) is 31.6 Å². The number of anilines is 1. The number of aryl methyl sites for hydroxylation is 1. The van der Waals surface area contributed by atoms with Crippen LogP contribution in [0.15, 0.2) is 30.6 Å². The van der Waals surface area contributed by atoms with Crippen LogP contribution < -0.4 is 4.90 Å². The third kappa shape index (κ3) is 2.86. The number of fused-ring (bicyclic) bond motifs is 3. The first-order chi connectivity index (χ1) is 15.5. The molecule has 2 aliphatic rings. The molecule has 0 spiro atoms. The van der Waals surface area contributed by atoms with Crippen LogP contribution in [0.25, 0.3) is 27.6 Å². The number of aromatic amines is 1. The maximum absolute atomic E-state index is 13.9. The number of amides is 1. The lowest BCUT2D eigenvalue weighted by atomic mass is 10.0. The molecule has 1 amide bonds. The highest BCUT2D eigenvalue weighted by Gasteiger charge is 2.37. The summed E-state index contributed by atoms with van der Waals surface area (Å²) in [5, 5.41) is 17.3. The Labute approximate surface area is 182 Å². The summed E-state index contributed by atoms with van der Waals surface area (Å²) in [7, 11) is 0. The van der Waals surface area contributed by atoms with Gasteiger partial charge < -0.3 is 19.5 Å².